The van der Waals surface area contributed by atoms with Crippen molar-refractivity contribution in [1.82, 2.24) is 4.90 Å². The van der Waals surface area contributed by atoms with Crippen LogP contribution in [0.1, 0.15) is 25.7 Å². The molecule has 1 heteroatoms. The van der Waals surface area contributed by atoms with Gasteiger partial charge >= 0.3 is 0 Å². The van der Waals surface area contributed by atoms with E-state index in [-0.39, 0.29) is 0 Å². The van der Waals surface area contributed by atoms with Crippen LogP contribution in [-0.4, -0.2) is 23.5 Å². The van der Waals surface area contributed by atoms with E-state index in [1.807, 2.05) is 0 Å². The van der Waals surface area contributed by atoms with Crippen molar-refractivity contribution in [3.63, 3.8) is 0 Å². The molecule has 1 saturated heterocycles. The standard InChI is InChI=1S/C12H17N/c1-2-6-12-10(4-1)7-8-11-5-3-9-13(11)12/h2-3,5-6,10-12H,1,4,7-9H2. The van der Waals surface area contributed by atoms with Crippen molar-refractivity contribution in [3.8, 4) is 0 Å². The molecular weight excluding hydrogens is 158 g/mol. The lowest BCUT2D eigenvalue weighted by Gasteiger charge is -2.43. The van der Waals surface area contributed by atoms with Crippen LogP contribution in [0.15, 0.2) is 24.3 Å². The highest BCUT2D eigenvalue weighted by Gasteiger charge is 2.36. The number of rotatable bonds is 0. The molecule has 13 heavy (non-hydrogen) atoms. The lowest BCUT2D eigenvalue weighted by Crippen LogP contribution is -2.47. The normalized spacial score (nSPS) is 43.2. The molecular formula is C12H17N. The van der Waals surface area contributed by atoms with Gasteiger partial charge in [0.15, 0.2) is 0 Å². The molecule has 1 nitrogen and oxygen atoms in total. The summed E-state index contributed by atoms with van der Waals surface area (Å²) in [5.74, 6) is 0.959. The first-order chi connectivity index (χ1) is 6.45. The second kappa shape index (κ2) is 2.98. The number of nitrogens with zero attached hydrogens (tertiary/aromatic N) is 1. The Balaban J connectivity index is 1.85. The summed E-state index contributed by atoms with van der Waals surface area (Å²) in [5, 5.41) is 0. The fraction of sp³-hybridized carbons (Fsp3) is 0.667. The van der Waals surface area contributed by atoms with Crippen molar-refractivity contribution >= 4 is 0 Å². The number of allylic oxidation sites excluding steroid dienone is 1. The molecule has 0 N–H and O–H groups in total. The van der Waals surface area contributed by atoms with Crippen molar-refractivity contribution in [2.75, 3.05) is 6.54 Å². The number of hydrogen-bond donors (Lipinski definition) is 0. The summed E-state index contributed by atoms with van der Waals surface area (Å²) in [6.45, 7) is 1.19. The van der Waals surface area contributed by atoms with Gasteiger partial charge in [0.2, 0.25) is 0 Å². The van der Waals surface area contributed by atoms with Gasteiger partial charge in [0, 0.05) is 18.6 Å². The summed E-state index contributed by atoms with van der Waals surface area (Å²) < 4.78 is 0. The van der Waals surface area contributed by atoms with Crippen molar-refractivity contribution in [1.29, 1.82) is 0 Å². The van der Waals surface area contributed by atoms with Gasteiger partial charge in [0.05, 0.1) is 0 Å². The fourth-order valence-corrected chi connectivity index (χ4v) is 3.15. The Hall–Kier alpha value is -0.560. The van der Waals surface area contributed by atoms with Crippen LogP contribution in [0.3, 0.4) is 0 Å². The first-order valence-corrected chi connectivity index (χ1v) is 5.54. The van der Waals surface area contributed by atoms with E-state index in [2.05, 4.69) is 29.2 Å². The molecule has 0 saturated carbocycles. The second-order valence-corrected chi connectivity index (χ2v) is 4.53. The van der Waals surface area contributed by atoms with E-state index in [1.165, 1.54) is 32.2 Å². The van der Waals surface area contributed by atoms with Crippen LogP contribution in [0, 0.1) is 5.92 Å². The summed E-state index contributed by atoms with van der Waals surface area (Å²) in [5.41, 5.74) is 0. The van der Waals surface area contributed by atoms with Gasteiger partial charge in [0.1, 0.15) is 0 Å². The minimum atomic E-state index is 0.766. The minimum Gasteiger partial charge on any atom is -0.287 e. The number of hydrogen-bond acceptors (Lipinski definition) is 1. The van der Waals surface area contributed by atoms with Crippen LogP contribution < -0.4 is 0 Å². The molecule has 0 spiro atoms. The van der Waals surface area contributed by atoms with Gasteiger partial charge in [0.25, 0.3) is 0 Å². The van der Waals surface area contributed by atoms with Crippen LogP contribution in [0.25, 0.3) is 0 Å². The van der Waals surface area contributed by atoms with E-state index in [4.69, 9.17) is 0 Å². The van der Waals surface area contributed by atoms with E-state index in [0.29, 0.717) is 0 Å². The Kier molecular flexibility index (Phi) is 1.79. The van der Waals surface area contributed by atoms with Crippen LogP contribution in [0.5, 0.6) is 0 Å². The molecule has 70 valence electrons. The molecule has 0 radical (unpaired) electrons. The van der Waals surface area contributed by atoms with Gasteiger partial charge in [-0.1, -0.05) is 24.3 Å². The molecule has 3 aliphatic rings. The molecule has 0 bridgehead atoms. The Morgan fingerprint density at radius 3 is 3.00 bits per heavy atom. The SMILES string of the molecule is C1=CC2C(CC1)CCC1C=CCN12. The van der Waals surface area contributed by atoms with Crippen molar-refractivity contribution < 1.29 is 0 Å². The lowest BCUT2D eigenvalue weighted by molar-refractivity contribution is 0.103. The van der Waals surface area contributed by atoms with Crippen LogP contribution in [0.2, 0.25) is 0 Å². The number of piperidine rings is 1. The third-order valence-electron chi connectivity index (χ3n) is 3.84. The van der Waals surface area contributed by atoms with Crippen molar-refractivity contribution in [2.24, 2.45) is 5.92 Å². The average Bonchev–Trinajstić information content (AvgIpc) is 2.65. The van der Waals surface area contributed by atoms with E-state index >= 15 is 0 Å². The highest BCUT2D eigenvalue weighted by atomic mass is 15.2. The molecule has 0 aromatic heterocycles. The topological polar surface area (TPSA) is 3.24 Å². The molecule has 2 aliphatic heterocycles. The summed E-state index contributed by atoms with van der Waals surface area (Å²) in [7, 11) is 0. The zero-order chi connectivity index (χ0) is 8.67. The van der Waals surface area contributed by atoms with E-state index in [1.54, 1.807) is 0 Å². The van der Waals surface area contributed by atoms with E-state index < -0.39 is 0 Å². The largest absolute Gasteiger partial charge is 0.287 e. The highest BCUT2D eigenvalue weighted by Crippen LogP contribution is 2.36. The molecule has 3 unspecified atom stereocenters. The third kappa shape index (κ3) is 1.18. The van der Waals surface area contributed by atoms with Gasteiger partial charge in [-0.25, -0.2) is 0 Å². The first-order valence-electron chi connectivity index (χ1n) is 5.54. The van der Waals surface area contributed by atoms with Crippen LogP contribution in [0.4, 0.5) is 0 Å². The van der Waals surface area contributed by atoms with E-state index in [0.717, 1.165) is 18.0 Å². The Morgan fingerprint density at radius 2 is 2.00 bits per heavy atom. The molecule has 3 rings (SSSR count). The average molecular weight is 175 g/mol. The first kappa shape index (κ1) is 7.81. The summed E-state index contributed by atoms with van der Waals surface area (Å²) in [4.78, 5) is 2.67. The molecule has 0 aromatic rings. The Labute approximate surface area is 80.1 Å². The summed E-state index contributed by atoms with van der Waals surface area (Å²) in [6.07, 6.45) is 15.1. The summed E-state index contributed by atoms with van der Waals surface area (Å²) in [6, 6.07) is 1.53. The lowest BCUT2D eigenvalue weighted by atomic mass is 9.80. The zero-order valence-electron chi connectivity index (χ0n) is 8.02. The molecule has 1 aliphatic carbocycles. The zero-order valence-corrected chi connectivity index (χ0v) is 8.02. The predicted octanol–water partition coefficient (Wildman–Crippen LogP) is 2.36. The summed E-state index contributed by atoms with van der Waals surface area (Å²) >= 11 is 0. The van der Waals surface area contributed by atoms with Gasteiger partial charge in [-0.2, -0.15) is 0 Å². The van der Waals surface area contributed by atoms with Crippen LogP contribution in [-0.2, 0) is 0 Å². The third-order valence-corrected chi connectivity index (χ3v) is 3.84. The van der Waals surface area contributed by atoms with E-state index in [9.17, 15) is 0 Å². The molecule has 2 heterocycles. The molecule has 0 aromatic carbocycles. The predicted molar refractivity (Wildman–Crippen MR) is 54.5 cm³/mol. The van der Waals surface area contributed by atoms with Crippen molar-refractivity contribution in [3.05, 3.63) is 24.3 Å². The van der Waals surface area contributed by atoms with Crippen LogP contribution >= 0.6 is 0 Å². The quantitative estimate of drug-likeness (QED) is 0.511. The minimum absolute atomic E-state index is 0.766. The molecule has 3 atom stereocenters. The smallest absolute Gasteiger partial charge is 0.0315 e. The maximum atomic E-state index is 2.67. The van der Waals surface area contributed by atoms with Gasteiger partial charge in [-0.05, 0) is 31.6 Å². The molecule has 1 fully saturated rings. The van der Waals surface area contributed by atoms with Gasteiger partial charge in [-0.3, -0.25) is 4.90 Å². The molecule has 0 amide bonds. The van der Waals surface area contributed by atoms with Crippen molar-refractivity contribution in [2.45, 2.75) is 37.8 Å². The Morgan fingerprint density at radius 1 is 1.00 bits per heavy atom. The maximum Gasteiger partial charge on any atom is 0.0315 e. The Bertz CT molecular complexity index is 254. The maximum absolute atomic E-state index is 2.67. The fourth-order valence-electron chi connectivity index (χ4n) is 3.15. The monoisotopic (exact) mass is 175 g/mol. The number of fused-ring (bicyclic) bond motifs is 3. The highest BCUT2D eigenvalue weighted by molar-refractivity contribution is 5.14. The van der Waals surface area contributed by atoms with Gasteiger partial charge < -0.3 is 0 Å². The second-order valence-electron chi connectivity index (χ2n) is 4.53. The van der Waals surface area contributed by atoms with Gasteiger partial charge in [-0.15, -0.1) is 0 Å².